The van der Waals surface area contributed by atoms with Crippen molar-refractivity contribution >= 4 is 27.5 Å². The van der Waals surface area contributed by atoms with Gasteiger partial charge in [-0.2, -0.15) is 0 Å². The Morgan fingerprint density at radius 1 is 0.854 bits per heavy atom. The molecule has 1 atom stereocenters. The summed E-state index contributed by atoms with van der Waals surface area (Å²) in [6, 6.07) is 19.0. The van der Waals surface area contributed by atoms with E-state index in [-0.39, 0.29) is 23.3 Å². The lowest BCUT2D eigenvalue weighted by atomic mass is 10.1. The van der Waals surface area contributed by atoms with E-state index in [4.69, 9.17) is 0 Å². The molecule has 7 nitrogen and oxygen atoms in total. The number of carbonyl (C=O) groups is 2. The topological polar surface area (TPSA) is 86.8 Å². The van der Waals surface area contributed by atoms with E-state index in [1.165, 1.54) is 9.21 Å². The van der Waals surface area contributed by atoms with Gasteiger partial charge in [-0.15, -0.1) is 0 Å². The molecular formula is C33H43N3O4S. The molecule has 0 saturated carbocycles. The average Bonchev–Trinajstić information content (AvgIpc) is 2.93. The maximum Gasteiger partial charge on any atom is 0.264 e. The second-order valence-corrected chi connectivity index (χ2v) is 13.0. The van der Waals surface area contributed by atoms with Crippen LogP contribution in [0.15, 0.2) is 71.6 Å². The van der Waals surface area contributed by atoms with Gasteiger partial charge in [0, 0.05) is 13.1 Å². The van der Waals surface area contributed by atoms with Crippen molar-refractivity contribution in [3.05, 3.63) is 94.5 Å². The van der Waals surface area contributed by atoms with E-state index >= 15 is 0 Å². The number of benzene rings is 3. The van der Waals surface area contributed by atoms with E-state index in [2.05, 4.69) is 5.32 Å². The number of carbonyl (C=O) groups excluding carboxylic acids is 2. The van der Waals surface area contributed by atoms with Gasteiger partial charge in [-0.25, -0.2) is 8.42 Å². The van der Waals surface area contributed by atoms with Crippen LogP contribution in [0, 0.1) is 33.6 Å². The Bertz CT molecular complexity index is 1450. The molecule has 0 radical (unpaired) electrons. The number of anilines is 1. The van der Waals surface area contributed by atoms with Gasteiger partial charge in [0.2, 0.25) is 11.8 Å². The summed E-state index contributed by atoms with van der Waals surface area (Å²) < 4.78 is 29.4. The van der Waals surface area contributed by atoms with E-state index in [1.807, 2.05) is 78.8 Å². The molecule has 2 amide bonds. The second kappa shape index (κ2) is 13.8. The van der Waals surface area contributed by atoms with Gasteiger partial charge in [-0.05, 0) is 74.9 Å². The number of amides is 2. The summed E-state index contributed by atoms with van der Waals surface area (Å²) >= 11 is 0. The maximum atomic E-state index is 14.2. The third kappa shape index (κ3) is 7.97. The molecule has 0 aliphatic heterocycles. The van der Waals surface area contributed by atoms with Gasteiger partial charge >= 0.3 is 0 Å². The Morgan fingerprint density at radius 2 is 1.44 bits per heavy atom. The van der Waals surface area contributed by atoms with Crippen LogP contribution in [0.3, 0.4) is 0 Å². The number of hydrogen-bond acceptors (Lipinski definition) is 4. The molecule has 3 aromatic carbocycles. The summed E-state index contributed by atoms with van der Waals surface area (Å²) in [7, 11) is -4.11. The third-order valence-corrected chi connectivity index (χ3v) is 9.05. The van der Waals surface area contributed by atoms with Gasteiger partial charge in [0.05, 0.1) is 10.6 Å². The number of nitrogens with zero attached hydrogens (tertiary/aromatic N) is 2. The van der Waals surface area contributed by atoms with E-state index in [9.17, 15) is 18.0 Å². The fourth-order valence-electron chi connectivity index (χ4n) is 4.59. The van der Waals surface area contributed by atoms with Gasteiger partial charge in [0.25, 0.3) is 10.0 Å². The molecule has 0 aromatic heterocycles. The van der Waals surface area contributed by atoms with Crippen molar-refractivity contribution in [1.29, 1.82) is 0 Å². The quantitative estimate of drug-likeness (QED) is 0.299. The minimum absolute atomic E-state index is 0.101. The number of sulfonamides is 1. The number of nitrogens with one attached hydrogen (secondary N) is 1. The van der Waals surface area contributed by atoms with Crippen LogP contribution in [-0.2, 0) is 26.2 Å². The molecule has 1 N–H and O–H groups in total. The Balaban J connectivity index is 2.08. The summed E-state index contributed by atoms with van der Waals surface area (Å²) in [6.07, 6.45) is 0.385. The normalized spacial score (nSPS) is 12.2. The van der Waals surface area contributed by atoms with Crippen LogP contribution in [0.1, 0.15) is 55.0 Å². The molecule has 3 rings (SSSR count). The zero-order valence-corrected chi connectivity index (χ0v) is 26.1. The Kier molecular flexibility index (Phi) is 10.7. The van der Waals surface area contributed by atoms with E-state index in [0.29, 0.717) is 18.7 Å². The summed E-state index contributed by atoms with van der Waals surface area (Å²) in [5.74, 6) is -0.452. The number of aryl methyl sites for hydroxylation is 3. The SMILES string of the molecule is CC[C@H](C(=O)NCC(C)C)N(Cc1ccc(C)cc1)C(=O)CN(c1cccc(C)c1C)S(=O)(=O)c1ccc(C)cc1. The molecule has 0 spiro atoms. The molecule has 41 heavy (non-hydrogen) atoms. The second-order valence-electron chi connectivity index (χ2n) is 11.1. The fourth-order valence-corrected chi connectivity index (χ4v) is 6.06. The Hall–Kier alpha value is -3.65. The van der Waals surface area contributed by atoms with Gasteiger partial charge in [0.15, 0.2) is 0 Å². The fraction of sp³-hybridized carbons (Fsp3) is 0.394. The van der Waals surface area contributed by atoms with Crippen molar-refractivity contribution in [1.82, 2.24) is 10.2 Å². The van der Waals surface area contributed by atoms with Crippen molar-refractivity contribution in [2.45, 2.75) is 72.4 Å². The lowest BCUT2D eigenvalue weighted by Crippen LogP contribution is -2.52. The summed E-state index contributed by atoms with van der Waals surface area (Å²) in [5.41, 5.74) is 4.99. The van der Waals surface area contributed by atoms with Crippen LogP contribution < -0.4 is 9.62 Å². The predicted octanol–water partition coefficient (Wildman–Crippen LogP) is 5.70. The molecule has 3 aromatic rings. The highest BCUT2D eigenvalue weighted by atomic mass is 32.2. The zero-order chi connectivity index (χ0) is 30.3. The Labute approximate surface area is 245 Å². The van der Waals surface area contributed by atoms with Crippen LogP contribution in [0.2, 0.25) is 0 Å². The van der Waals surface area contributed by atoms with Gasteiger partial charge in [-0.1, -0.05) is 80.4 Å². The molecule has 0 aliphatic carbocycles. The van der Waals surface area contributed by atoms with Crippen molar-refractivity contribution in [3.8, 4) is 0 Å². The summed E-state index contributed by atoms with van der Waals surface area (Å²) in [6.45, 7) is 13.7. The molecular weight excluding hydrogens is 534 g/mol. The molecule has 0 fully saturated rings. The van der Waals surface area contributed by atoms with Crippen LogP contribution in [0.25, 0.3) is 0 Å². The highest BCUT2D eigenvalue weighted by molar-refractivity contribution is 7.92. The minimum Gasteiger partial charge on any atom is -0.354 e. The first-order chi connectivity index (χ1) is 19.3. The highest BCUT2D eigenvalue weighted by Gasteiger charge is 2.34. The molecule has 0 bridgehead atoms. The third-order valence-electron chi connectivity index (χ3n) is 7.28. The predicted molar refractivity (Wildman–Crippen MR) is 165 cm³/mol. The monoisotopic (exact) mass is 577 g/mol. The van der Waals surface area contributed by atoms with Crippen molar-refractivity contribution < 1.29 is 18.0 Å². The summed E-state index contributed by atoms with van der Waals surface area (Å²) in [5, 5.41) is 2.96. The van der Waals surface area contributed by atoms with Gasteiger partial charge in [0.1, 0.15) is 12.6 Å². The molecule has 8 heteroatoms. The van der Waals surface area contributed by atoms with Gasteiger partial charge in [-0.3, -0.25) is 13.9 Å². The maximum absolute atomic E-state index is 14.2. The van der Waals surface area contributed by atoms with Crippen molar-refractivity contribution in [2.24, 2.45) is 5.92 Å². The number of hydrogen-bond donors (Lipinski definition) is 1. The smallest absolute Gasteiger partial charge is 0.264 e. The first kappa shape index (κ1) is 31.9. The zero-order valence-electron chi connectivity index (χ0n) is 25.3. The average molecular weight is 578 g/mol. The van der Waals surface area contributed by atoms with Crippen molar-refractivity contribution in [2.75, 3.05) is 17.4 Å². The Morgan fingerprint density at radius 3 is 2.00 bits per heavy atom. The lowest BCUT2D eigenvalue weighted by molar-refractivity contribution is -0.140. The van der Waals surface area contributed by atoms with Crippen LogP contribution in [-0.4, -0.2) is 44.3 Å². The lowest BCUT2D eigenvalue weighted by Gasteiger charge is -2.34. The van der Waals surface area contributed by atoms with E-state index in [1.54, 1.807) is 36.4 Å². The standard InChI is InChI=1S/C33H43N3O4S/c1-8-30(33(38)34-20-23(2)3)35(21-28-16-12-24(4)13-17-28)32(37)22-36(31-11-9-10-26(6)27(31)7)41(39,40)29-18-14-25(5)15-19-29/h9-19,23,30H,8,20-22H2,1-7H3,(H,34,38)/t30-/m1/s1. The molecule has 0 aliphatic rings. The van der Waals surface area contributed by atoms with Crippen LogP contribution >= 0.6 is 0 Å². The van der Waals surface area contributed by atoms with Crippen molar-refractivity contribution in [3.63, 3.8) is 0 Å². The molecule has 0 saturated heterocycles. The first-order valence-corrected chi connectivity index (χ1v) is 15.6. The molecule has 0 unspecified atom stereocenters. The van der Waals surface area contributed by atoms with Crippen LogP contribution in [0.5, 0.6) is 0 Å². The largest absolute Gasteiger partial charge is 0.354 e. The van der Waals surface area contributed by atoms with E-state index < -0.39 is 28.5 Å². The van der Waals surface area contributed by atoms with Crippen LogP contribution in [0.4, 0.5) is 5.69 Å². The molecule has 0 heterocycles. The first-order valence-electron chi connectivity index (χ1n) is 14.1. The highest BCUT2D eigenvalue weighted by Crippen LogP contribution is 2.29. The van der Waals surface area contributed by atoms with Gasteiger partial charge < -0.3 is 10.2 Å². The van der Waals surface area contributed by atoms with E-state index in [0.717, 1.165) is 27.8 Å². The molecule has 220 valence electrons. The minimum atomic E-state index is -4.11. The number of rotatable bonds is 12. The summed E-state index contributed by atoms with van der Waals surface area (Å²) in [4.78, 5) is 29.2.